The molecule has 0 atom stereocenters. The van der Waals surface area contributed by atoms with Crippen molar-refractivity contribution in [3.63, 3.8) is 0 Å². The number of benzene rings is 1. The molecule has 0 saturated carbocycles. The minimum absolute atomic E-state index is 0.00337. The molecule has 180 valence electrons. The van der Waals surface area contributed by atoms with Crippen LogP contribution in [0.1, 0.15) is 29.1 Å². The summed E-state index contributed by atoms with van der Waals surface area (Å²) in [6.45, 7) is 3.57. The van der Waals surface area contributed by atoms with Crippen LogP contribution >= 0.6 is 22.9 Å². The average molecular weight is 500 g/mol. The zero-order valence-corrected chi connectivity index (χ0v) is 21.3. The van der Waals surface area contributed by atoms with Gasteiger partial charge in [0.2, 0.25) is 0 Å². The third kappa shape index (κ3) is 4.99. The number of carbonyl (C=O) groups is 1. The summed E-state index contributed by atoms with van der Waals surface area (Å²) in [5.41, 5.74) is 1.45. The maximum Gasteiger partial charge on any atom is 0.260 e. The molecule has 34 heavy (non-hydrogen) atoms. The van der Waals surface area contributed by atoms with Gasteiger partial charge in [-0.25, -0.2) is 9.97 Å². The number of hydrogen-bond donors (Lipinski definition) is 0. The minimum Gasteiger partial charge on any atom is -0.484 e. The first-order valence-electron chi connectivity index (χ1n) is 11.8. The molecular formula is C25H30ClN5O2S. The standard InChI is InChI=1S/C25H30ClN5O2S/c1-29(2)15-21-27-24(23-19-5-3-4-6-20(19)34-25(23)28-21)31-13-11-30(12-14-31)22(32)16-33-18-9-7-17(26)8-10-18/h7-10H,3-6,11-16H2,1-2H3. The Morgan fingerprint density at radius 2 is 1.82 bits per heavy atom. The summed E-state index contributed by atoms with van der Waals surface area (Å²) in [5, 5.41) is 1.89. The van der Waals surface area contributed by atoms with Crippen molar-refractivity contribution in [3.8, 4) is 5.75 Å². The highest BCUT2D eigenvalue weighted by atomic mass is 35.5. The number of anilines is 1. The molecule has 1 aliphatic carbocycles. The fourth-order valence-electron chi connectivity index (χ4n) is 4.70. The first kappa shape index (κ1) is 23.3. The summed E-state index contributed by atoms with van der Waals surface area (Å²) < 4.78 is 5.66. The average Bonchev–Trinajstić information content (AvgIpc) is 3.21. The lowest BCUT2D eigenvalue weighted by molar-refractivity contribution is -0.133. The maximum absolute atomic E-state index is 12.7. The number of fused-ring (bicyclic) bond motifs is 3. The van der Waals surface area contributed by atoms with Crippen LogP contribution in [0.5, 0.6) is 5.75 Å². The summed E-state index contributed by atoms with van der Waals surface area (Å²) in [6.07, 6.45) is 4.74. The number of thiophene rings is 1. The van der Waals surface area contributed by atoms with E-state index in [0.29, 0.717) is 30.4 Å². The summed E-state index contributed by atoms with van der Waals surface area (Å²) in [5.74, 6) is 2.56. The highest BCUT2D eigenvalue weighted by Gasteiger charge is 2.27. The van der Waals surface area contributed by atoms with Gasteiger partial charge in [0.05, 0.1) is 11.9 Å². The fourth-order valence-corrected chi connectivity index (χ4v) is 6.10. The Kier molecular flexibility index (Phi) is 6.90. The molecule has 0 bridgehead atoms. The lowest BCUT2D eigenvalue weighted by Gasteiger charge is -2.36. The molecule has 7 nitrogen and oxygen atoms in total. The Morgan fingerprint density at radius 3 is 2.56 bits per heavy atom. The Morgan fingerprint density at radius 1 is 1.09 bits per heavy atom. The number of piperazine rings is 1. The molecule has 5 rings (SSSR count). The summed E-state index contributed by atoms with van der Waals surface area (Å²) >= 11 is 7.76. The van der Waals surface area contributed by atoms with E-state index in [4.69, 9.17) is 26.3 Å². The van der Waals surface area contributed by atoms with E-state index in [1.807, 2.05) is 30.3 Å². The van der Waals surface area contributed by atoms with Gasteiger partial charge in [-0.3, -0.25) is 4.79 Å². The number of nitrogens with zero attached hydrogens (tertiary/aromatic N) is 5. The van der Waals surface area contributed by atoms with Gasteiger partial charge < -0.3 is 19.4 Å². The van der Waals surface area contributed by atoms with Crippen LogP contribution in [-0.2, 0) is 24.2 Å². The van der Waals surface area contributed by atoms with Crippen LogP contribution in [0.3, 0.4) is 0 Å². The van der Waals surface area contributed by atoms with Crippen molar-refractivity contribution >= 4 is 44.9 Å². The molecule has 9 heteroatoms. The van der Waals surface area contributed by atoms with E-state index in [9.17, 15) is 4.79 Å². The maximum atomic E-state index is 12.7. The van der Waals surface area contributed by atoms with Crippen molar-refractivity contribution in [3.05, 3.63) is 45.6 Å². The predicted molar refractivity (Wildman–Crippen MR) is 137 cm³/mol. The van der Waals surface area contributed by atoms with Crippen molar-refractivity contribution in [1.29, 1.82) is 0 Å². The molecule has 1 aliphatic heterocycles. The normalized spacial score (nSPS) is 16.2. The lowest BCUT2D eigenvalue weighted by atomic mass is 9.97. The Bertz CT molecular complexity index is 1170. The molecule has 3 aromatic rings. The molecule has 2 aliphatic rings. The second-order valence-corrected chi connectivity index (χ2v) is 10.7. The number of amides is 1. The van der Waals surface area contributed by atoms with Crippen LogP contribution in [-0.4, -0.2) is 72.6 Å². The quantitative estimate of drug-likeness (QED) is 0.510. The summed E-state index contributed by atoms with van der Waals surface area (Å²) in [6, 6.07) is 7.08. The first-order chi connectivity index (χ1) is 16.5. The highest BCUT2D eigenvalue weighted by molar-refractivity contribution is 7.19. The SMILES string of the molecule is CN(C)Cc1nc(N2CCN(C(=O)COc3ccc(Cl)cc3)CC2)c2c3c(sc2n1)CCCC3. The van der Waals surface area contributed by atoms with Crippen LogP contribution in [0.2, 0.25) is 5.02 Å². The van der Waals surface area contributed by atoms with Crippen molar-refractivity contribution in [2.75, 3.05) is 51.8 Å². The zero-order valence-electron chi connectivity index (χ0n) is 19.7. The molecule has 3 heterocycles. The second-order valence-electron chi connectivity index (χ2n) is 9.20. The molecule has 1 aromatic carbocycles. The van der Waals surface area contributed by atoms with Crippen LogP contribution in [0.15, 0.2) is 24.3 Å². The van der Waals surface area contributed by atoms with Crippen LogP contribution in [0, 0.1) is 0 Å². The molecule has 0 radical (unpaired) electrons. The van der Waals surface area contributed by atoms with Crippen LogP contribution < -0.4 is 9.64 Å². The number of carbonyl (C=O) groups excluding carboxylic acids is 1. The van der Waals surface area contributed by atoms with E-state index in [-0.39, 0.29) is 12.5 Å². The monoisotopic (exact) mass is 499 g/mol. The van der Waals surface area contributed by atoms with E-state index < -0.39 is 0 Å². The van der Waals surface area contributed by atoms with E-state index in [1.54, 1.807) is 24.3 Å². The zero-order chi connectivity index (χ0) is 23.7. The summed E-state index contributed by atoms with van der Waals surface area (Å²) in [4.78, 5) is 31.6. The van der Waals surface area contributed by atoms with E-state index in [2.05, 4.69) is 9.80 Å². The van der Waals surface area contributed by atoms with Gasteiger partial charge in [0.1, 0.15) is 22.2 Å². The summed E-state index contributed by atoms with van der Waals surface area (Å²) in [7, 11) is 4.09. The van der Waals surface area contributed by atoms with Crippen molar-refractivity contribution in [2.24, 2.45) is 0 Å². The third-order valence-corrected chi connectivity index (χ3v) is 7.85. The smallest absolute Gasteiger partial charge is 0.260 e. The van der Waals surface area contributed by atoms with Gasteiger partial charge in [-0.2, -0.15) is 0 Å². The van der Waals surface area contributed by atoms with Gasteiger partial charge in [0.25, 0.3) is 5.91 Å². The van der Waals surface area contributed by atoms with E-state index in [1.165, 1.54) is 28.7 Å². The van der Waals surface area contributed by atoms with Crippen LogP contribution in [0.4, 0.5) is 5.82 Å². The minimum atomic E-state index is 0.00337. The van der Waals surface area contributed by atoms with Crippen molar-refractivity contribution in [2.45, 2.75) is 32.2 Å². The molecular weight excluding hydrogens is 470 g/mol. The van der Waals surface area contributed by atoms with Gasteiger partial charge in [-0.15, -0.1) is 11.3 Å². The first-order valence-corrected chi connectivity index (χ1v) is 13.0. The third-order valence-electron chi connectivity index (χ3n) is 6.41. The molecule has 1 amide bonds. The molecule has 1 fully saturated rings. The number of rotatable bonds is 6. The molecule has 0 N–H and O–H groups in total. The molecule has 2 aromatic heterocycles. The second kappa shape index (κ2) is 10.1. The van der Waals surface area contributed by atoms with Gasteiger partial charge >= 0.3 is 0 Å². The van der Waals surface area contributed by atoms with E-state index >= 15 is 0 Å². The number of halogens is 1. The van der Waals surface area contributed by atoms with Gasteiger partial charge in [-0.05, 0) is 69.6 Å². The Balaban J connectivity index is 1.31. The number of aromatic nitrogens is 2. The largest absolute Gasteiger partial charge is 0.484 e. The predicted octanol–water partition coefficient (Wildman–Crippen LogP) is 4.01. The van der Waals surface area contributed by atoms with Crippen LogP contribution in [0.25, 0.3) is 10.2 Å². The number of aryl methyl sites for hydroxylation is 2. The van der Waals surface area contributed by atoms with Gasteiger partial charge in [0.15, 0.2) is 6.61 Å². The lowest BCUT2D eigenvalue weighted by Crippen LogP contribution is -2.50. The van der Waals surface area contributed by atoms with Crippen molar-refractivity contribution in [1.82, 2.24) is 19.8 Å². The molecule has 1 saturated heterocycles. The molecule has 0 unspecified atom stereocenters. The fraction of sp³-hybridized carbons (Fsp3) is 0.480. The molecule has 0 spiro atoms. The number of ether oxygens (including phenoxy) is 1. The number of hydrogen-bond acceptors (Lipinski definition) is 7. The van der Waals surface area contributed by atoms with Gasteiger partial charge in [0, 0.05) is 36.1 Å². The Labute approximate surface area is 209 Å². The van der Waals surface area contributed by atoms with Crippen molar-refractivity contribution < 1.29 is 9.53 Å². The topological polar surface area (TPSA) is 61.8 Å². The highest BCUT2D eigenvalue weighted by Crippen LogP contribution is 2.40. The van der Waals surface area contributed by atoms with E-state index in [0.717, 1.165) is 42.4 Å². The Hall–Kier alpha value is -2.42. The van der Waals surface area contributed by atoms with Gasteiger partial charge in [-0.1, -0.05) is 11.6 Å².